The highest BCUT2D eigenvalue weighted by atomic mass is 16.1. The van der Waals surface area contributed by atoms with Crippen LogP contribution in [0.4, 0.5) is 0 Å². The van der Waals surface area contributed by atoms with Crippen molar-refractivity contribution in [1.82, 2.24) is 0 Å². The van der Waals surface area contributed by atoms with E-state index >= 15 is 0 Å². The minimum Gasteiger partial charge on any atom is -0.300 e. The molecule has 1 nitrogen and oxygen atoms in total. The number of carbonyl (C=O) groups excluding carboxylic acids is 1. The molecule has 0 radical (unpaired) electrons. The number of Topliss-reactive ketones (excluding diaryl/α,β-unsaturated/α-hetero) is 1. The van der Waals surface area contributed by atoms with Crippen LogP contribution in [-0.4, -0.2) is 5.78 Å². The fraction of sp³-hybridized carbons (Fsp3) is 0.783. The minimum absolute atomic E-state index is 0.295. The van der Waals surface area contributed by atoms with Crippen LogP contribution in [-0.2, 0) is 4.79 Å². The Morgan fingerprint density at radius 2 is 0.875 bits per heavy atom. The summed E-state index contributed by atoms with van der Waals surface area (Å²) >= 11 is 0. The lowest BCUT2D eigenvalue weighted by Gasteiger charge is -2.11. The highest BCUT2D eigenvalue weighted by molar-refractivity contribution is 5.75. The first-order valence-electron chi connectivity index (χ1n) is 10.2. The molecule has 0 aromatic rings. The maximum atomic E-state index is 11.1. The van der Waals surface area contributed by atoms with Gasteiger partial charge >= 0.3 is 0 Å². The molecular weight excluding hydrogens is 292 g/mol. The first-order valence-corrected chi connectivity index (χ1v) is 10.2. The van der Waals surface area contributed by atoms with Gasteiger partial charge in [0.2, 0.25) is 0 Å². The smallest absolute Gasteiger partial charge is 0.130 e. The molecule has 0 rings (SSSR count). The summed E-state index contributed by atoms with van der Waals surface area (Å²) in [6.45, 7) is 13.0. The molecule has 0 heterocycles. The lowest BCUT2D eigenvalue weighted by molar-refractivity contribution is -0.116. The Morgan fingerprint density at radius 1 is 0.500 bits per heavy atom. The molecule has 0 amide bonds. The topological polar surface area (TPSA) is 17.1 Å². The van der Waals surface area contributed by atoms with Crippen LogP contribution in [0, 0.1) is 0 Å². The maximum absolute atomic E-state index is 11.1. The van der Waals surface area contributed by atoms with Gasteiger partial charge in [0.25, 0.3) is 0 Å². The van der Waals surface area contributed by atoms with Gasteiger partial charge in [-0.1, -0.05) is 67.7 Å². The van der Waals surface area contributed by atoms with E-state index in [-0.39, 0.29) is 0 Å². The molecule has 0 aliphatic heterocycles. The van der Waals surface area contributed by atoms with Gasteiger partial charge in [-0.15, -0.1) is 0 Å². The van der Waals surface area contributed by atoms with Crippen molar-refractivity contribution in [2.75, 3.05) is 0 Å². The molecule has 24 heavy (non-hydrogen) atoms. The van der Waals surface area contributed by atoms with E-state index in [2.05, 4.69) is 34.6 Å². The SMILES string of the molecule is CCCCCCCCCC(C)=C(C)CCC(C)=C(C)CCC(C)=O. The quantitative estimate of drug-likeness (QED) is 0.233. The van der Waals surface area contributed by atoms with Crippen molar-refractivity contribution in [2.45, 2.75) is 119 Å². The molecule has 0 saturated carbocycles. The van der Waals surface area contributed by atoms with Crippen LogP contribution in [0.15, 0.2) is 22.3 Å². The summed E-state index contributed by atoms with van der Waals surface area (Å²) in [6.07, 6.45) is 14.9. The maximum Gasteiger partial charge on any atom is 0.130 e. The Bertz CT molecular complexity index is 412. The molecule has 0 atom stereocenters. The average molecular weight is 335 g/mol. The van der Waals surface area contributed by atoms with Gasteiger partial charge in [-0.25, -0.2) is 0 Å². The number of hydrogen-bond donors (Lipinski definition) is 0. The summed E-state index contributed by atoms with van der Waals surface area (Å²) in [4.78, 5) is 11.1. The fourth-order valence-electron chi connectivity index (χ4n) is 2.94. The molecule has 0 fully saturated rings. The second-order valence-electron chi connectivity index (χ2n) is 7.69. The molecule has 0 bridgehead atoms. The van der Waals surface area contributed by atoms with Gasteiger partial charge in [-0.3, -0.25) is 0 Å². The van der Waals surface area contributed by atoms with Crippen molar-refractivity contribution in [3.8, 4) is 0 Å². The zero-order valence-corrected chi connectivity index (χ0v) is 17.4. The van der Waals surface area contributed by atoms with Gasteiger partial charge in [0.05, 0.1) is 0 Å². The third kappa shape index (κ3) is 12.6. The Kier molecular flexibility index (Phi) is 14.0. The van der Waals surface area contributed by atoms with Gasteiger partial charge < -0.3 is 4.79 Å². The predicted molar refractivity (Wildman–Crippen MR) is 109 cm³/mol. The standard InChI is InChI=1S/C23H42O/c1-7-8-9-10-11-12-13-14-19(2)20(3)15-16-21(4)22(5)17-18-23(6)24/h7-18H2,1-6H3. The van der Waals surface area contributed by atoms with Crippen molar-refractivity contribution in [2.24, 2.45) is 0 Å². The average Bonchev–Trinajstić information content (AvgIpc) is 2.55. The third-order valence-corrected chi connectivity index (χ3v) is 5.34. The van der Waals surface area contributed by atoms with E-state index < -0.39 is 0 Å². The predicted octanol–water partition coefficient (Wildman–Crippen LogP) is 7.95. The number of hydrogen-bond acceptors (Lipinski definition) is 1. The highest BCUT2D eigenvalue weighted by Crippen LogP contribution is 2.22. The van der Waals surface area contributed by atoms with E-state index in [4.69, 9.17) is 0 Å². The second-order valence-corrected chi connectivity index (χ2v) is 7.69. The normalized spacial score (nSPS) is 13.6. The lowest BCUT2D eigenvalue weighted by atomic mass is 9.96. The van der Waals surface area contributed by atoms with Gasteiger partial charge in [-0.2, -0.15) is 0 Å². The molecule has 0 aliphatic carbocycles. The summed E-state index contributed by atoms with van der Waals surface area (Å²) in [5, 5.41) is 0. The Balaban J connectivity index is 4.05. The van der Waals surface area contributed by atoms with Gasteiger partial charge in [0.15, 0.2) is 0 Å². The van der Waals surface area contributed by atoms with Gasteiger partial charge in [-0.05, 0) is 66.7 Å². The van der Waals surface area contributed by atoms with E-state index in [1.54, 1.807) is 18.1 Å². The fourth-order valence-corrected chi connectivity index (χ4v) is 2.94. The highest BCUT2D eigenvalue weighted by Gasteiger charge is 2.03. The first-order chi connectivity index (χ1) is 11.4. The van der Waals surface area contributed by atoms with Crippen molar-refractivity contribution >= 4 is 5.78 Å². The lowest BCUT2D eigenvalue weighted by Crippen LogP contribution is -1.94. The zero-order valence-electron chi connectivity index (χ0n) is 17.4. The molecule has 0 aromatic carbocycles. The van der Waals surface area contributed by atoms with Crippen LogP contribution in [0.25, 0.3) is 0 Å². The van der Waals surface area contributed by atoms with Gasteiger partial charge in [0, 0.05) is 6.42 Å². The van der Waals surface area contributed by atoms with Gasteiger partial charge in [0.1, 0.15) is 5.78 Å². The number of carbonyl (C=O) groups is 1. The van der Waals surface area contributed by atoms with Crippen LogP contribution in [0.1, 0.15) is 119 Å². The summed E-state index contributed by atoms with van der Waals surface area (Å²) in [5.41, 5.74) is 6.04. The van der Waals surface area contributed by atoms with E-state index in [0.29, 0.717) is 12.2 Å². The summed E-state index contributed by atoms with van der Waals surface area (Å²) < 4.78 is 0. The number of unbranched alkanes of at least 4 members (excludes halogenated alkanes) is 6. The molecule has 0 aliphatic rings. The van der Waals surface area contributed by atoms with Crippen LogP contribution >= 0.6 is 0 Å². The van der Waals surface area contributed by atoms with Crippen LogP contribution in [0.2, 0.25) is 0 Å². The van der Waals surface area contributed by atoms with E-state index in [1.807, 2.05) is 0 Å². The molecule has 0 unspecified atom stereocenters. The monoisotopic (exact) mass is 334 g/mol. The largest absolute Gasteiger partial charge is 0.300 e. The van der Waals surface area contributed by atoms with E-state index in [0.717, 1.165) is 12.8 Å². The molecule has 0 aromatic heterocycles. The molecule has 140 valence electrons. The second kappa shape index (κ2) is 14.5. The minimum atomic E-state index is 0.295. The number of rotatable bonds is 14. The first kappa shape index (κ1) is 23.1. The Morgan fingerprint density at radius 3 is 1.33 bits per heavy atom. The van der Waals surface area contributed by atoms with Crippen LogP contribution < -0.4 is 0 Å². The third-order valence-electron chi connectivity index (χ3n) is 5.34. The van der Waals surface area contributed by atoms with Crippen molar-refractivity contribution in [3.63, 3.8) is 0 Å². The summed E-state index contributed by atoms with van der Waals surface area (Å²) in [7, 11) is 0. The molecule has 1 heteroatoms. The van der Waals surface area contributed by atoms with Crippen molar-refractivity contribution in [1.29, 1.82) is 0 Å². The molecule has 0 spiro atoms. The van der Waals surface area contributed by atoms with Crippen molar-refractivity contribution in [3.05, 3.63) is 22.3 Å². The van der Waals surface area contributed by atoms with E-state index in [1.165, 1.54) is 68.9 Å². The summed E-state index contributed by atoms with van der Waals surface area (Å²) in [5.74, 6) is 0.295. The van der Waals surface area contributed by atoms with E-state index in [9.17, 15) is 4.79 Å². The number of ketones is 1. The molecular formula is C23H42O. The Labute approximate surface area is 152 Å². The molecule has 0 N–H and O–H groups in total. The molecule has 0 saturated heterocycles. The Hall–Kier alpha value is -0.850. The summed E-state index contributed by atoms with van der Waals surface area (Å²) in [6, 6.07) is 0. The van der Waals surface area contributed by atoms with Crippen molar-refractivity contribution < 1.29 is 4.79 Å². The zero-order chi connectivity index (χ0) is 18.4. The van der Waals surface area contributed by atoms with Crippen LogP contribution in [0.5, 0.6) is 0 Å². The van der Waals surface area contributed by atoms with Crippen LogP contribution in [0.3, 0.4) is 0 Å². The number of allylic oxidation sites excluding steroid dienone is 4.